The van der Waals surface area contributed by atoms with Gasteiger partial charge in [0, 0.05) is 17.8 Å². The van der Waals surface area contributed by atoms with E-state index in [9.17, 15) is 13.2 Å². The predicted molar refractivity (Wildman–Crippen MR) is 62.4 cm³/mol. The normalized spacial score (nSPS) is 11.9. The molecule has 0 radical (unpaired) electrons. The van der Waals surface area contributed by atoms with E-state index in [1.54, 1.807) is 12.3 Å². The van der Waals surface area contributed by atoms with Gasteiger partial charge in [-0.1, -0.05) is 6.07 Å². The van der Waals surface area contributed by atoms with Crippen LogP contribution in [0.15, 0.2) is 34.1 Å². The van der Waals surface area contributed by atoms with E-state index >= 15 is 0 Å². The van der Waals surface area contributed by atoms with Crippen LogP contribution in [0.4, 0.5) is 0 Å². The molecule has 0 saturated carbocycles. The highest BCUT2D eigenvalue weighted by Crippen LogP contribution is 2.18. The Labute approximate surface area is 92.8 Å². The van der Waals surface area contributed by atoms with Gasteiger partial charge in [-0.2, -0.15) is 0 Å². The Morgan fingerprint density at radius 1 is 1.19 bits per heavy atom. The van der Waals surface area contributed by atoms with Crippen molar-refractivity contribution in [3.63, 3.8) is 0 Å². The van der Waals surface area contributed by atoms with Gasteiger partial charge in [0.2, 0.25) is 0 Å². The number of rotatable bonds is 1. The van der Waals surface area contributed by atoms with Crippen molar-refractivity contribution < 1.29 is 8.42 Å². The molecule has 0 unspecified atom stereocenters. The Balaban J connectivity index is 2.92. The van der Waals surface area contributed by atoms with Crippen LogP contribution in [0.25, 0.3) is 10.8 Å². The van der Waals surface area contributed by atoms with E-state index in [1.165, 1.54) is 12.1 Å². The Morgan fingerprint density at radius 3 is 2.50 bits per heavy atom. The summed E-state index contributed by atoms with van der Waals surface area (Å²) in [5.74, 6) is 0. The van der Waals surface area contributed by atoms with Crippen LogP contribution in [-0.2, 0) is 9.84 Å². The van der Waals surface area contributed by atoms with Crippen molar-refractivity contribution in [3.05, 3.63) is 40.3 Å². The fourth-order valence-corrected chi connectivity index (χ4v) is 2.26. The van der Waals surface area contributed by atoms with Gasteiger partial charge >= 0.3 is 0 Å². The number of aryl methyl sites for hydroxylation is 1. The van der Waals surface area contributed by atoms with E-state index in [2.05, 4.69) is 4.98 Å². The lowest BCUT2D eigenvalue weighted by Gasteiger charge is -2.03. The first-order valence-electron chi connectivity index (χ1n) is 4.72. The highest BCUT2D eigenvalue weighted by Gasteiger charge is 2.09. The minimum atomic E-state index is -3.28. The Kier molecular flexibility index (Phi) is 2.35. The molecule has 84 valence electrons. The summed E-state index contributed by atoms with van der Waals surface area (Å²) in [5.41, 5.74) is 0.640. The lowest BCUT2D eigenvalue weighted by atomic mass is 10.1. The first kappa shape index (κ1) is 10.9. The third kappa shape index (κ3) is 1.74. The third-order valence-electron chi connectivity index (χ3n) is 2.51. The average molecular weight is 237 g/mol. The zero-order chi connectivity index (χ0) is 11.9. The maximum absolute atomic E-state index is 11.6. The molecule has 0 bridgehead atoms. The minimum Gasteiger partial charge on any atom is -0.328 e. The summed E-state index contributed by atoms with van der Waals surface area (Å²) < 4.78 is 22.7. The van der Waals surface area contributed by atoms with Gasteiger partial charge < -0.3 is 4.98 Å². The molecule has 0 saturated heterocycles. The SMILES string of the molecule is Cc1c[nH]c(=O)c2cc(S(C)(=O)=O)ccc12. The summed E-state index contributed by atoms with van der Waals surface area (Å²) in [6.07, 6.45) is 2.74. The van der Waals surface area contributed by atoms with E-state index in [4.69, 9.17) is 0 Å². The van der Waals surface area contributed by atoms with E-state index < -0.39 is 9.84 Å². The summed E-state index contributed by atoms with van der Waals surface area (Å²) in [6.45, 7) is 1.86. The van der Waals surface area contributed by atoms with Crippen molar-refractivity contribution in [3.8, 4) is 0 Å². The van der Waals surface area contributed by atoms with Gasteiger partial charge in [0.1, 0.15) is 0 Å². The van der Waals surface area contributed by atoms with E-state index in [0.29, 0.717) is 5.39 Å². The number of H-pyrrole nitrogens is 1. The molecule has 5 heteroatoms. The van der Waals surface area contributed by atoms with Crippen LogP contribution in [0, 0.1) is 6.92 Å². The quantitative estimate of drug-likeness (QED) is 0.811. The number of sulfone groups is 1. The number of aromatic nitrogens is 1. The van der Waals surface area contributed by atoms with Gasteiger partial charge in [-0.15, -0.1) is 0 Å². The first-order valence-corrected chi connectivity index (χ1v) is 6.61. The number of hydrogen-bond acceptors (Lipinski definition) is 3. The standard InChI is InChI=1S/C11H11NO3S/c1-7-6-12-11(13)10-5-8(16(2,14)15)3-4-9(7)10/h3-6H,1-2H3,(H,12,13). The molecule has 1 aromatic heterocycles. The largest absolute Gasteiger partial charge is 0.328 e. The molecule has 2 rings (SSSR count). The maximum Gasteiger partial charge on any atom is 0.255 e. The Morgan fingerprint density at radius 2 is 1.88 bits per heavy atom. The van der Waals surface area contributed by atoms with Gasteiger partial charge in [0.25, 0.3) is 5.56 Å². The average Bonchev–Trinajstić information content (AvgIpc) is 2.22. The lowest BCUT2D eigenvalue weighted by molar-refractivity contribution is 0.602. The number of pyridine rings is 1. The van der Waals surface area contributed by atoms with Gasteiger partial charge in [-0.25, -0.2) is 8.42 Å². The van der Waals surface area contributed by atoms with E-state index in [0.717, 1.165) is 17.2 Å². The van der Waals surface area contributed by atoms with Crippen molar-refractivity contribution in [1.29, 1.82) is 0 Å². The highest BCUT2D eigenvalue weighted by atomic mass is 32.2. The van der Waals surface area contributed by atoms with Gasteiger partial charge in [-0.05, 0) is 30.0 Å². The Hall–Kier alpha value is -1.62. The molecule has 1 aromatic carbocycles. The lowest BCUT2D eigenvalue weighted by Crippen LogP contribution is -2.07. The molecular weight excluding hydrogens is 226 g/mol. The summed E-state index contributed by atoms with van der Waals surface area (Å²) >= 11 is 0. The van der Waals surface area contributed by atoms with Crippen LogP contribution in [-0.4, -0.2) is 19.7 Å². The molecule has 16 heavy (non-hydrogen) atoms. The number of nitrogens with one attached hydrogen (secondary N) is 1. The number of hydrogen-bond donors (Lipinski definition) is 1. The van der Waals surface area contributed by atoms with Crippen LogP contribution in [0.2, 0.25) is 0 Å². The van der Waals surface area contributed by atoms with Crippen molar-refractivity contribution in [2.24, 2.45) is 0 Å². The zero-order valence-corrected chi connectivity index (χ0v) is 9.76. The first-order chi connectivity index (χ1) is 7.39. The predicted octanol–water partition coefficient (Wildman–Crippen LogP) is 1.24. The van der Waals surface area contributed by atoms with Crippen molar-refractivity contribution in [1.82, 2.24) is 4.98 Å². The van der Waals surface area contributed by atoms with E-state index in [-0.39, 0.29) is 10.5 Å². The van der Waals surface area contributed by atoms with Crippen LogP contribution in [0.1, 0.15) is 5.56 Å². The fraction of sp³-hybridized carbons (Fsp3) is 0.182. The summed E-state index contributed by atoms with van der Waals surface area (Å²) in [7, 11) is -3.28. The second kappa shape index (κ2) is 3.45. The van der Waals surface area contributed by atoms with Crippen molar-refractivity contribution in [2.45, 2.75) is 11.8 Å². The van der Waals surface area contributed by atoms with Crippen LogP contribution < -0.4 is 5.56 Å². The van der Waals surface area contributed by atoms with Crippen molar-refractivity contribution in [2.75, 3.05) is 6.26 Å². The van der Waals surface area contributed by atoms with Crippen molar-refractivity contribution >= 4 is 20.6 Å². The van der Waals surface area contributed by atoms with Crippen LogP contribution in [0.3, 0.4) is 0 Å². The molecule has 2 aromatic rings. The van der Waals surface area contributed by atoms with Crippen LogP contribution >= 0.6 is 0 Å². The molecular formula is C11H11NO3S. The smallest absolute Gasteiger partial charge is 0.255 e. The molecule has 0 aliphatic carbocycles. The van der Waals surface area contributed by atoms with E-state index in [1.807, 2.05) is 6.92 Å². The van der Waals surface area contributed by atoms with Gasteiger partial charge in [-0.3, -0.25) is 4.79 Å². The number of fused-ring (bicyclic) bond motifs is 1. The van der Waals surface area contributed by atoms with Gasteiger partial charge in [0.05, 0.1) is 4.90 Å². The highest BCUT2D eigenvalue weighted by molar-refractivity contribution is 7.90. The second-order valence-corrected chi connectivity index (χ2v) is 5.80. The molecule has 0 spiro atoms. The molecule has 0 atom stereocenters. The topological polar surface area (TPSA) is 67.0 Å². The molecule has 0 aliphatic heterocycles. The van der Waals surface area contributed by atoms with Gasteiger partial charge in [0.15, 0.2) is 9.84 Å². The molecule has 0 amide bonds. The summed E-state index contributed by atoms with van der Waals surface area (Å²) in [6, 6.07) is 4.59. The summed E-state index contributed by atoms with van der Waals surface area (Å²) in [4.78, 5) is 14.3. The third-order valence-corrected chi connectivity index (χ3v) is 3.62. The minimum absolute atomic E-state index is 0.163. The molecule has 0 aliphatic rings. The number of aromatic amines is 1. The zero-order valence-electron chi connectivity index (χ0n) is 8.94. The Bertz CT molecular complexity index is 714. The summed E-state index contributed by atoms with van der Waals surface area (Å²) in [5, 5.41) is 1.18. The molecule has 1 heterocycles. The fourth-order valence-electron chi connectivity index (χ4n) is 1.62. The molecule has 4 nitrogen and oxygen atoms in total. The molecule has 0 fully saturated rings. The second-order valence-electron chi connectivity index (χ2n) is 3.78. The maximum atomic E-state index is 11.6. The number of benzene rings is 1. The molecule has 1 N–H and O–H groups in total. The van der Waals surface area contributed by atoms with Crippen LogP contribution in [0.5, 0.6) is 0 Å². The monoisotopic (exact) mass is 237 g/mol.